The lowest BCUT2D eigenvalue weighted by Gasteiger charge is -2.50. The van der Waals surface area contributed by atoms with Gasteiger partial charge in [-0.15, -0.1) is 6.58 Å². The normalized spacial score (nSPS) is 16.2. The largest absolute Gasteiger partial charge is 0.102 e. The summed E-state index contributed by atoms with van der Waals surface area (Å²) in [6, 6.07) is 0. The van der Waals surface area contributed by atoms with Crippen LogP contribution in [0.15, 0.2) is 12.7 Å². The lowest BCUT2D eigenvalue weighted by Crippen LogP contribution is -2.42. The Labute approximate surface area is 104 Å². The second-order valence-corrected chi connectivity index (χ2v) is 5.81. The third-order valence-electron chi connectivity index (χ3n) is 4.71. The highest BCUT2D eigenvalue weighted by molar-refractivity contribution is 5.06. The van der Waals surface area contributed by atoms with Gasteiger partial charge in [-0.3, -0.25) is 0 Å². The van der Waals surface area contributed by atoms with Crippen molar-refractivity contribution >= 4 is 0 Å². The average molecular weight is 224 g/mol. The van der Waals surface area contributed by atoms with Gasteiger partial charge in [-0.2, -0.15) is 0 Å². The van der Waals surface area contributed by atoms with Crippen LogP contribution in [0.25, 0.3) is 0 Å². The van der Waals surface area contributed by atoms with Gasteiger partial charge in [0.15, 0.2) is 0 Å². The van der Waals surface area contributed by atoms with E-state index in [1.54, 1.807) is 0 Å². The van der Waals surface area contributed by atoms with E-state index in [1.165, 1.54) is 32.1 Å². The molecule has 1 unspecified atom stereocenters. The van der Waals surface area contributed by atoms with Crippen LogP contribution in [-0.4, -0.2) is 0 Å². The molecule has 0 aliphatic carbocycles. The van der Waals surface area contributed by atoms with Crippen LogP contribution in [0.1, 0.15) is 73.6 Å². The van der Waals surface area contributed by atoms with Gasteiger partial charge in [0.1, 0.15) is 0 Å². The molecule has 0 heteroatoms. The summed E-state index contributed by atoms with van der Waals surface area (Å²) in [7, 11) is 0. The predicted octanol–water partition coefficient (Wildman–Crippen LogP) is 5.83. The first-order chi connectivity index (χ1) is 7.44. The first-order valence-corrected chi connectivity index (χ1v) is 7.07. The maximum Gasteiger partial charge on any atom is -0.00468 e. The van der Waals surface area contributed by atoms with E-state index in [0.717, 1.165) is 0 Å². The predicted molar refractivity (Wildman–Crippen MR) is 75.7 cm³/mol. The molecule has 0 aromatic rings. The molecule has 0 N–H and O–H groups in total. The van der Waals surface area contributed by atoms with Crippen molar-refractivity contribution in [1.29, 1.82) is 0 Å². The Bertz CT molecular complexity index is 196. The Morgan fingerprint density at radius 1 is 1.06 bits per heavy atom. The van der Waals surface area contributed by atoms with Gasteiger partial charge in [-0.1, -0.05) is 60.5 Å². The monoisotopic (exact) mass is 224 g/mol. The van der Waals surface area contributed by atoms with Gasteiger partial charge in [0.05, 0.1) is 0 Å². The molecular formula is C16H32. The van der Waals surface area contributed by atoms with Crippen molar-refractivity contribution in [1.82, 2.24) is 0 Å². The molecule has 0 bridgehead atoms. The van der Waals surface area contributed by atoms with Crippen molar-refractivity contribution in [3.8, 4) is 0 Å². The Balaban J connectivity index is 5.31. The summed E-state index contributed by atoms with van der Waals surface area (Å²) in [4.78, 5) is 0. The summed E-state index contributed by atoms with van der Waals surface area (Å²) in [5.41, 5.74) is 0.722. The molecule has 0 aromatic heterocycles. The smallest absolute Gasteiger partial charge is 0.00468 e. The molecule has 0 saturated heterocycles. The lowest BCUT2D eigenvalue weighted by molar-refractivity contribution is 0.0278. The molecule has 0 radical (unpaired) electrons. The molecule has 0 heterocycles. The number of hydrogen-bond acceptors (Lipinski definition) is 0. The summed E-state index contributed by atoms with van der Waals surface area (Å²) in [6.45, 7) is 18.3. The van der Waals surface area contributed by atoms with Crippen LogP contribution in [0.2, 0.25) is 0 Å². The van der Waals surface area contributed by atoms with Crippen LogP contribution >= 0.6 is 0 Å². The first-order valence-electron chi connectivity index (χ1n) is 7.07. The van der Waals surface area contributed by atoms with Crippen molar-refractivity contribution in [2.24, 2.45) is 16.7 Å². The van der Waals surface area contributed by atoms with Crippen LogP contribution < -0.4 is 0 Å². The Morgan fingerprint density at radius 2 is 1.50 bits per heavy atom. The van der Waals surface area contributed by atoms with E-state index in [0.29, 0.717) is 16.7 Å². The Morgan fingerprint density at radius 3 is 1.69 bits per heavy atom. The molecule has 96 valence electrons. The molecule has 16 heavy (non-hydrogen) atoms. The van der Waals surface area contributed by atoms with E-state index >= 15 is 0 Å². The molecule has 0 rings (SSSR count). The summed E-state index contributed by atoms with van der Waals surface area (Å²) in [6.07, 6.45) is 8.66. The number of rotatable bonds is 8. The highest BCUT2D eigenvalue weighted by atomic mass is 14.5. The number of hydrogen-bond donors (Lipinski definition) is 0. The summed E-state index contributed by atoms with van der Waals surface area (Å²) in [5, 5.41) is 0. The third-order valence-corrected chi connectivity index (χ3v) is 4.71. The zero-order valence-electron chi connectivity index (χ0n) is 12.4. The van der Waals surface area contributed by atoms with Crippen molar-refractivity contribution < 1.29 is 0 Å². The fourth-order valence-corrected chi connectivity index (χ4v) is 3.85. The fourth-order valence-electron chi connectivity index (χ4n) is 3.85. The van der Waals surface area contributed by atoms with E-state index in [2.05, 4.69) is 54.2 Å². The molecule has 0 nitrogen and oxygen atoms in total. The maximum absolute atomic E-state index is 4.16. The van der Waals surface area contributed by atoms with Gasteiger partial charge < -0.3 is 0 Å². The molecule has 0 spiro atoms. The molecule has 1 atom stereocenters. The van der Waals surface area contributed by atoms with Crippen LogP contribution in [0.5, 0.6) is 0 Å². The number of allylic oxidation sites excluding steroid dienone is 1. The highest BCUT2D eigenvalue weighted by Gasteiger charge is 2.45. The molecule has 0 saturated carbocycles. The second kappa shape index (κ2) is 6.47. The van der Waals surface area contributed by atoms with Crippen LogP contribution in [-0.2, 0) is 0 Å². The van der Waals surface area contributed by atoms with Crippen LogP contribution in [0.3, 0.4) is 0 Å². The molecule has 0 aliphatic rings. The van der Waals surface area contributed by atoms with Crippen LogP contribution in [0.4, 0.5) is 0 Å². The van der Waals surface area contributed by atoms with E-state index in [9.17, 15) is 0 Å². The summed E-state index contributed by atoms with van der Waals surface area (Å²) in [5.74, 6) is 0.679. The molecule has 0 aromatic carbocycles. The van der Waals surface area contributed by atoms with Crippen LogP contribution in [0, 0.1) is 16.7 Å². The third kappa shape index (κ3) is 2.70. The minimum absolute atomic E-state index is 0.305. The average Bonchev–Trinajstić information content (AvgIpc) is 2.20. The van der Waals surface area contributed by atoms with E-state index < -0.39 is 0 Å². The van der Waals surface area contributed by atoms with Crippen molar-refractivity contribution in [2.45, 2.75) is 73.6 Å². The molecule has 0 aliphatic heterocycles. The minimum atomic E-state index is 0.305. The zero-order valence-corrected chi connectivity index (χ0v) is 12.4. The van der Waals surface area contributed by atoms with Gasteiger partial charge in [-0.05, 0) is 36.0 Å². The first kappa shape index (κ1) is 15.7. The molecule has 0 amide bonds. The van der Waals surface area contributed by atoms with Gasteiger partial charge in [-0.25, -0.2) is 0 Å². The summed E-state index contributed by atoms with van der Waals surface area (Å²) < 4.78 is 0. The quantitative estimate of drug-likeness (QED) is 0.455. The highest BCUT2D eigenvalue weighted by Crippen LogP contribution is 2.53. The topological polar surface area (TPSA) is 0 Å². The van der Waals surface area contributed by atoms with E-state index in [1.807, 2.05) is 0 Å². The minimum Gasteiger partial charge on any atom is -0.102 e. The lowest BCUT2D eigenvalue weighted by atomic mass is 9.54. The Hall–Kier alpha value is -0.260. The molecular weight excluding hydrogens is 192 g/mol. The maximum atomic E-state index is 4.16. The van der Waals surface area contributed by atoms with Gasteiger partial charge in [0, 0.05) is 0 Å². The van der Waals surface area contributed by atoms with Crippen molar-refractivity contribution in [3.63, 3.8) is 0 Å². The van der Waals surface area contributed by atoms with Crippen molar-refractivity contribution in [3.05, 3.63) is 12.7 Å². The van der Waals surface area contributed by atoms with Gasteiger partial charge >= 0.3 is 0 Å². The van der Waals surface area contributed by atoms with Gasteiger partial charge in [0.2, 0.25) is 0 Å². The standard InChI is InChI=1S/C16H32/c1-8-12-15(7,13-9-2)16(10-3,11-4)14(5)6/h10,14H,3,8-9,11-13H2,1-2,4-7H3. The second-order valence-electron chi connectivity index (χ2n) is 5.81. The Kier molecular flexibility index (Phi) is 6.36. The van der Waals surface area contributed by atoms with E-state index in [4.69, 9.17) is 0 Å². The van der Waals surface area contributed by atoms with E-state index in [-0.39, 0.29) is 0 Å². The fraction of sp³-hybridized carbons (Fsp3) is 0.875. The van der Waals surface area contributed by atoms with Crippen molar-refractivity contribution in [2.75, 3.05) is 0 Å². The SMILES string of the molecule is C=CC(CC)(C(C)C)C(C)(CCC)CCC. The zero-order chi connectivity index (χ0) is 12.8. The molecule has 0 fully saturated rings. The van der Waals surface area contributed by atoms with Gasteiger partial charge in [0.25, 0.3) is 0 Å². The summed E-state index contributed by atoms with van der Waals surface area (Å²) >= 11 is 0.